The molecule has 0 unspecified atom stereocenters. The second kappa shape index (κ2) is 2.89. The van der Waals surface area contributed by atoms with Crippen LogP contribution in [0.1, 0.15) is 18.7 Å². The lowest BCUT2D eigenvalue weighted by atomic mass is 10.1. The normalized spacial score (nSPS) is 16.2. The number of tetrazole rings is 1. The zero-order valence-corrected chi connectivity index (χ0v) is 6.94. The van der Waals surface area contributed by atoms with Gasteiger partial charge in [-0.1, -0.05) is 12.2 Å². The van der Waals surface area contributed by atoms with Crippen molar-refractivity contribution in [3.63, 3.8) is 0 Å². The number of hydrogen-bond acceptors (Lipinski definition) is 3. The Morgan fingerprint density at radius 2 is 2.33 bits per heavy atom. The molecule has 0 bridgehead atoms. The Hall–Kier alpha value is -1.45. The minimum absolute atomic E-state index is 0.827. The van der Waals surface area contributed by atoms with Crippen LogP contribution in [-0.4, -0.2) is 20.2 Å². The van der Waals surface area contributed by atoms with Gasteiger partial charge in [0.15, 0.2) is 5.82 Å². The maximum Gasteiger partial charge on any atom is 0.153 e. The molecule has 0 fully saturated rings. The van der Waals surface area contributed by atoms with Crippen LogP contribution in [0.25, 0.3) is 5.70 Å². The van der Waals surface area contributed by atoms with Crippen LogP contribution >= 0.6 is 0 Å². The Balaban J connectivity index is 2.36. The summed E-state index contributed by atoms with van der Waals surface area (Å²) in [4.78, 5) is 0. The lowest BCUT2D eigenvalue weighted by molar-refractivity contribution is 0.791. The molecule has 4 nitrogen and oxygen atoms in total. The molecule has 0 aromatic carbocycles. The van der Waals surface area contributed by atoms with Gasteiger partial charge in [0.2, 0.25) is 0 Å². The topological polar surface area (TPSA) is 43.6 Å². The maximum atomic E-state index is 3.88. The molecular formula is C8H10N4. The Labute approximate surface area is 70.6 Å². The van der Waals surface area contributed by atoms with Gasteiger partial charge in [0, 0.05) is 0 Å². The molecule has 0 saturated heterocycles. The van der Waals surface area contributed by atoms with Gasteiger partial charge in [-0.2, -0.15) is 4.68 Å². The van der Waals surface area contributed by atoms with Crippen LogP contribution in [0, 0.1) is 6.92 Å². The summed E-state index contributed by atoms with van der Waals surface area (Å²) in [5.41, 5.74) is 1.07. The Morgan fingerprint density at radius 1 is 1.42 bits per heavy atom. The highest BCUT2D eigenvalue weighted by Gasteiger charge is 2.04. The van der Waals surface area contributed by atoms with Gasteiger partial charge in [-0.3, -0.25) is 0 Å². The van der Waals surface area contributed by atoms with Crippen molar-refractivity contribution in [2.24, 2.45) is 0 Å². The number of hydrogen-bond donors (Lipinski definition) is 0. The average molecular weight is 162 g/mol. The summed E-state index contributed by atoms with van der Waals surface area (Å²) in [6, 6.07) is 0. The molecule has 1 aromatic rings. The van der Waals surface area contributed by atoms with Crippen molar-refractivity contribution >= 4 is 5.70 Å². The molecule has 0 N–H and O–H groups in total. The number of allylic oxidation sites excluding steroid dienone is 4. The van der Waals surface area contributed by atoms with Crippen molar-refractivity contribution in [1.29, 1.82) is 0 Å². The molecule has 0 atom stereocenters. The highest BCUT2D eigenvalue weighted by molar-refractivity contribution is 5.57. The van der Waals surface area contributed by atoms with Gasteiger partial charge in [0.05, 0.1) is 5.70 Å². The SMILES string of the molecule is Cc1nnnn1C1=CCCC=C1. The van der Waals surface area contributed by atoms with Crippen LogP contribution in [0.15, 0.2) is 18.2 Å². The van der Waals surface area contributed by atoms with E-state index in [1.165, 1.54) is 0 Å². The number of rotatable bonds is 1. The van der Waals surface area contributed by atoms with Crippen molar-refractivity contribution in [1.82, 2.24) is 20.2 Å². The van der Waals surface area contributed by atoms with E-state index < -0.39 is 0 Å². The predicted octanol–water partition coefficient (Wildman–Crippen LogP) is 1.17. The lowest BCUT2D eigenvalue weighted by Gasteiger charge is -2.05. The fourth-order valence-electron chi connectivity index (χ4n) is 1.23. The minimum atomic E-state index is 0.827. The van der Waals surface area contributed by atoms with Gasteiger partial charge in [0.25, 0.3) is 0 Å². The van der Waals surface area contributed by atoms with E-state index in [0.29, 0.717) is 0 Å². The monoisotopic (exact) mass is 162 g/mol. The van der Waals surface area contributed by atoms with Gasteiger partial charge < -0.3 is 0 Å². The highest BCUT2D eigenvalue weighted by Crippen LogP contribution is 2.13. The molecular weight excluding hydrogens is 152 g/mol. The molecule has 2 rings (SSSR count). The third kappa shape index (κ3) is 1.15. The molecule has 12 heavy (non-hydrogen) atoms. The van der Waals surface area contributed by atoms with Gasteiger partial charge in [-0.15, -0.1) is 5.10 Å². The first-order chi connectivity index (χ1) is 5.88. The maximum absolute atomic E-state index is 3.88. The van der Waals surface area contributed by atoms with Gasteiger partial charge in [0.1, 0.15) is 0 Å². The van der Waals surface area contributed by atoms with Crippen LogP contribution in [0.5, 0.6) is 0 Å². The van der Waals surface area contributed by atoms with Crippen LogP contribution in [-0.2, 0) is 0 Å². The summed E-state index contributed by atoms with van der Waals surface area (Å²) in [5.74, 6) is 0.827. The zero-order chi connectivity index (χ0) is 8.39. The van der Waals surface area contributed by atoms with Gasteiger partial charge >= 0.3 is 0 Å². The molecule has 1 aliphatic rings. The van der Waals surface area contributed by atoms with Gasteiger partial charge in [-0.05, 0) is 36.3 Å². The molecule has 0 spiro atoms. The Kier molecular flexibility index (Phi) is 1.74. The fourth-order valence-corrected chi connectivity index (χ4v) is 1.23. The van der Waals surface area contributed by atoms with Crippen molar-refractivity contribution in [3.05, 3.63) is 24.1 Å². The van der Waals surface area contributed by atoms with Crippen LogP contribution in [0.3, 0.4) is 0 Å². The summed E-state index contributed by atoms with van der Waals surface area (Å²) >= 11 is 0. The van der Waals surface area contributed by atoms with E-state index in [2.05, 4.69) is 27.7 Å². The third-order valence-corrected chi connectivity index (χ3v) is 1.85. The molecule has 1 aromatic heterocycles. The molecule has 1 aliphatic carbocycles. The smallest absolute Gasteiger partial charge is 0.153 e. The average Bonchev–Trinajstić information content (AvgIpc) is 2.53. The molecule has 0 amide bonds. The van der Waals surface area contributed by atoms with Crippen molar-refractivity contribution in [3.8, 4) is 0 Å². The fraction of sp³-hybridized carbons (Fsp3) is 0.375. The summed E-state index contributed by atoms with van der Waals surface area (Å²) in [7, 11) is 0. The molecule has 0 saturated carbocycles. The van der Waals surface area contributed by atoms with E-state index in [4.69, 9.17) is 0 Å². The van der Waals surface area contributed by atoms with Crippen molar-refractivity contribution < 1.29 is 0 Å². The first kappa shape index (κ1) is 7.21. The van der Waals surface area contributed by atoms with E-state index in [1.807, 2.05) is 13.0 Å². The highest BCUT2D eigenvalue weighted by atomic mass is 15.5. The molecule has 0 aliphatic heterocycles. The largest absolute Gasteiger partial charge is 0.198 e. The van der Waals surface area contributed by atoms with Crippen LogP contribution < -0.4 is 0 Å². The Bertz CT molecular complexity index is 335. The van der Waals surface area contributed by atoms with Crippen molar-refractivity contribution in [2.45, 2.75) is 19.8 Å². The van der Waals surface area contributed by atoms with Crippen LogP contribution in [0.4, 0.5) is 0 Å². The van der Waals surface area contributed by atoms with E-state index >= 15 is 0 Å². The molecule has 4 heteroatoms. The number of aromatic nitrogens is 4. The summed E-state index contributed by atoms with van der Waals surface area (Å²) in [6.45, 7) is 1.89. The second-order valence-electron chi connectivity index (χ2n) is 2.75. The van der Waals surface area contributed by atoms with Crippen molar-refractivity contribution in [2.75, 3.05) is 0 Å². The molecule has 0 radical (unpaired) electrons. The lowest BCUT2D eigenvalue weighted by Crippen LogP contribution is -2.01. The predicted molar refractivity (Wildman–Crippen MR) is 45.2 cm³/mol. The zero-order valence-electron chi connectivity index (χ0n) is 6.94. The third-order valence-electron chi connectivity index (χ3n) is 1.85. The molecule has 62 valence electrons. The van der Waals surface area contributed by atoms with Gasteiger partial charge in [-0.25, -0.2) is 0 Å². The van der Waals surface area contributed by atoms with Crippen LogP contribution in [0.2, 0.25) is 0 Å². The summed E-state index contributed by atoms with van der Waals surface area (Å²) in [5, 5.41) is 11.3. The minimum Gasteiger partial charge on any atom is -0.198 e. The van der Waals surface area contributed by atoms with E-state index in [0.717, 1.165) is 24.4 Å². The number of nitrogens with zero attached hydrogens (tertiary/aromatic N) is 4. The first-order valence-electron chi connectivity index (χ1n) is 4.00. The second-order valence-corrected chi connectivity index (χ2v) is 2.75. The summed E-state index contributed by atoms with van der Waals surface area (Å²) < 4.78 is 1.75. The summed E-state index contributed by atoms with van der Waals surface area (Å²) in [6.07, 6.45) is 8.52. The first-order valence-corrected chi connectivity index (χ1v) is 4.00. The quantitative estimate of drug-likeness (QED) is 0.622. The van der Waals surface area contributed by atoms with E-state index in [-0.39, 0.29) is 0 Å². The molecule has 1 heterocycles. The number of aryl methyl sites for hydroxylation is 1. The van der Waals surface area contributed by atoms with E-state index in [9.17, 15) is 0 Å². The standard InChI is InChI=1S/C8H10N4/c1-7-9-10-11-12(7)8-5-3-2-4-6-8/h3,5-6H,2,4H2,1H3. The van der Waals surface area contributed by atoms with E-state index in [1.54, 1.807) is 4.68 Å². The Morgan fingerprint density at radius 3 is 2.92 bits per heavy atom.